The van der Waals surface area contributed by atoms with Gasteiger partial charge >= 0.3 is 6.18 Å². The van der Waals surface area contributed by atoms with Gasteiger partial charge in [-0.25, -0.2) is 0 Å². The molecule has 0 fully saturated rings. The van der Waals surface area contributed by atoms with Crippen LogP contribution in [-0.4, -0.2) is 12.1 Å². The standard InChI is InChI=1S/C14H18F3N3/c1-3-13(4-2,9-19)20-11-5-6-12(14(15,16)17)10(7-11)8-18/h5-7,20H,3-4,9,19H2,1-2H3. The number of hydrogen-bond donors (Lipinski definition) is 2. The minimum absolute atomic E-state index is 0.364. The normalized spacial score (nSPS) is 12.1. The van der Waals surface area contributed by atoms with Crippen LogP contribution in [-0.2, 0) is 6.18 Å². The predicted molar refractivity (Wildman–Crippen MR) is 72.1 cm³/mol. The minimum atomic E-state index is -4.52. The summed E-state index contributed by atoms with van der Waals surface area (Å²) in [6.07, 6.45) is -3.05. The van der Waals surface area contributed by atoms with Crippen LogP contribution in [0.4, 0.5) is 18.9 Å². The molecule has 0 atom stereocenters. The van der Waals surface area contributed by atoms with Crippen LogP contribution in [0.5, 0.6) is 0 Å². The number of benzene rings is 1. The lowest BCUT2D eigenvalue weighted by Gasteiger charge is -2.32. The van der Waals surface area contributed by atoms with E-state index in [0.29, 0.717) is 12.2 Å². The summed E-state index contributed by atoms with van der Waals surface area (Å²) < 4.78 is 38.1. The fraction of sp³-hybridized carbons (Fsp3) is 0.500. The lowest BCUT2D eigenvalue weighted by Crippen LogP contribution is -2.44. The average molecular weight is 285 g/mol. The first-order chi connectivity index (χ1) is 9.31. The third kappa shape index (κ3) is 3.42. The summed E-state index contributed by atoms with van der Waals surface area (Å²) in [7, 11) is 0. The molecule has 0 aliphatic rings. The van der Waals surface area contributed by atoms with Gasteiger partial charge < -0.3 is 11.1 Å². The molecule has 0 radical (unpaired) electrons. The molecule has 1 rings (SSSR count). The van der Waals surface area contributed by atoms with Gasteiger partial charge in [-0.15, -0.1) is 0 Å². The zero-order chi connectivity index (χ0) is 15.4. The Labute approximate surface area is 116 Å². The Morgan fingerprint density at radius 1 is 1.25 bits per heavy atom. The van der Waals surface area contributed by atoms with Gasteiger partial charge in [-0.3, -0.25) is 0 Å². The molecule has 3 nitrogen and oxygen atoms in total. The van der Waals surface area contributed by atoms with E-state index in [9.17, 15) is 13.2 Å². The number of hydrogen-bond acceptors (Lipinski definition) is 3. The summed E-state index contributed by atoms with van der Waals surface area (Å²) in [6.45, 7) is 4.28. The number of rotatable bonds is 5. The van der Waals surface area contributed by atoms with Crippen molar-refractivity contribution >= 4 is 5.69 Å². The highest BCUT2D eigenvalue weighted by Crippen LogP contribution is 2.33. The van der Waals surface area contributed by atoms with E-state index >= 15 is 0 Å². The van der Waals surface area contributed by atoms with E-state index in [4.69, 9.17) is 11.0 Å². The zero-order valence-electron chi connectivity index (χ0n) is 11.5. The number of nitrogens with one attached hydrogen (secondary N) is 1. The topological polar surface area (TPSA) is 61.8 Å². The van der Waals surface area contributed by atoms with Gasteiger partial charge in [-0.1, -0.05) is 13.8 Å². The Kier molecular flexibility index (Phi) is 5.01. The zero-order valence-corrected chi connectivity index (χ0v) is 11.5. The number of nitrogens with zero attached hydrogens (tertiary/aromatic N) is 1. The van der Waals surface area contributed by atoms with Crippen LogP contribution >= 0.6 is 0 Å². The van der Waals surface area contributed by atoms with Crippen molar-refractivity contribution in [3.63, 3.8) is 0 Å². The van der Waals surface area contributed by atoms with E-state index < -0.39 is 11.7 Å². The van der Waals surface area contributed by atoms with E-state index in [1.165, 1.54) is 12.1 Å². The lowest BCUT2D eigenvalue weighted by atomic mass is 9.92. The van der Waals surface area contributed by atoms with Crippen molar-refractivity contribution in [1.29, 1.82) is 5.26 Å². The van der Waals surface area contributed by atoms with Gasteiger partial charge in [0.05, 0.1) is 17.2 Å². The molecule has 1 aromatic rings. The molecule has 110 valence electrons. The highest BCUT2D eigenvalue weighted by atomic mass is 19.4. The van der Waals surface area contributed by atoms with Crippen molar-refractivity contribution in [2.45, 2.75) is 38.4 Å². The van der Waals surface area contributed by atoms with E-state index in [1.807, 2.05) is 13.8 Å². The summed E-state index contributed by atoms with van der Waals surface area (Å²) in [6, 6.07) is 5.07. The number of alkyl halides is 3. The van der Waals surface area contributed by atoms with Crippen LogP contribution in [0.15, 0.2) is 18.2 Å². The van der Waals surface area contributed by atoms with Crippen LogP contribution in [0.1, 0.15) is 37.8 Å². The molecular formula is C14H18F3N3. The van der Waals surface area contributed by atoms with Gasteiger partial charge in [-0.2, -0.15) is 18.4 Å². The van der Waals surface area contributed by atoms with Gasteiger partial charge in [0.2, 0.25) is 0 Å². The van der Waals surface area contributed by atoms with Crippen LogP contribution in [0, 0.1) is 11.3 Å². The maximum Gasteiger partial charge on any atom is 0.417 e. The second-order valence-corrected chi connectivity index (χ2v) is 4.69. The highest BCUT2D eigenvalue weighted by Gasteiger charge is 2.34. The first kappa shape index (κ1) is 16.3. The number of nitrogens with two attached hydrogens (primary N) is 1. The molecular weight excluding hydrogens is 267 g/mol. The van der Waals surface area contributed by atoms with E-state index in [-0.39, 0.29) is 11.1 Å². The van der Waals surface area contributed by atoms with Crippen LogP contribution in [0.25, 0.3) is 0 Å². The monoisotopic (exact) mass is 285 g/mol. The third-order valence-corrected chi connectivity index (χ3v) is 3.60. The van der Waals surface area contributed by atoms with E-state index in [2.05, 4.69) is 5.32 Å². The van der Waals surface area contributed by atoms with Gasteiger partial charge in [0.15, 0.2) is 0 Å². The molecule has 0 bridgehead atoms. The molecule has 20 heavy (non-hydrogen) atoms. The molecule has 0 amide bonds. The smallest absolute Gasteiger partial charge is 0.378 e. The maximum atomic E-state index is 12.7. The van der Waals surface area contributed by atoms with Crippen molar-refractivity contribution in [1.82, 2.24) is 0 Å². The molecule has 0 spiro atoms. The second kappa shape index (κ2) is 6.14. The predicted octanol–water partition coefficient (Wildman–Crippen LogP) is 3.51. The van der Waals surface area contributed by atoms with E-state index in [0.717, 1.165) is 18.9 Å². The maximum absolute atomic E-state index is 12.7. The molecule has 0 saturated carbocycles. The summed E-state index contributed by atoms with van der Waals surface area (Å²) >= 11 is 0. The lowest BCUT2D eigenvalue weighted by molar-refractivity contribution is -0.137. The van der Waals surface area contributed by atoms with Crippen molar-refractivity contribution in [3.8, 4) is 6.07 Å². The molecule has 0 aliphatic heterocycles. The molecule has 6 heteroatoms. The Hall–Kier alpha value is -1.74. The molecule has 0 heterocycles. The van der Waals surface area contributed by atoms with Crippen LogP contribution in [0.3, 0.4) is 0 Å². The third-order valence-electron chi connectivity index (χ3n) is 3.60. The minimum Gasteiger partial charge on any atom is -0.378 e. The summed E-state index contributed by atoms with van der Waals surface area (Å²) in [5, 5.41) is 12.0. The first-order valence-electron chi connectivity index (χ1n) is 6.41. The van der Waals surface area contributed by atoms with Crippen molar-refractivity contribution in [2.24, 2.45) is 5.73 Å². The fourth-order valence-electron chi connectivity index (χ4n) is 2.03. The average Bonchev–Trinajstić information content (AvgIpc) is 2.43. The van der Waals surface area contributed by atoms with Gasteiger partial charge in [0.25, 0.3) is 0 Å². The highest BCUT2D eigenvalue weighted by molar-refractivity contribution is 5.55. The van der Waals surface area contributed by atoms with Crippen molar-refractivity contribution in [2.75, 3.05) is 11.9 Å². The van der Waals surface area contributed by atoms with Gasteiger partial charge in [0.1, 0.15) is 0 Å². The molecule has 3 N–H and O–H groups in total. The molecule has 0 unspecified atom stereocenters. The van der Waals surface area contributed by atoms with Gasteiger partial charge in [0, 0.05) is 17.8 Å². The van der Waals surface area contributed by atoms with E-state index in [1.54, 1.807) is 6.07 Å². The summed E-state index contributed by atoms with van der Waals surface area (Å²) in [5.74, 6) is 0. The molecule has 0 aliphatic carbocycles. The largest absolute Gasteiger partial charge is 0.417 e. The molecule has 1 aromatic carbocycles. The number of nitriles is 1. The quantitative estimate of drug-likeness (QED) is 0.870. The fourth-order valence-corrected chi connectivity index (χ4v) is 2.03. The second-order valence-electron chi connectivity index (χ2n) is 4.69. The Bertz CT molecular complexity index is 491. The summed E-state index contributed by atoms with van der Waals surface area (Å²) in [5.41, 5.74) is 4.54. The Balaban J connectivity index is 3.15. The molecule has 0 saturated heterocycles. The number of halogens is 3. The van der Waals surface area contributed by atoms with Crippen molar-refractivity contribution in [3.05, 3.63) is 29.3 Å². The van der Waals surface area contributed by atoms with Crippen molar-refractivity contribution < 1.29 is 13.2 Å². The van der Waals surface area contributed by atoms with Crippen LogP contribution in [0.2, 0.25) is 0 Å². The van der Waals surface area contributed by atoms with Crippen LogP contribution < -0.4 is 11.1 Å². The van der Waals surface area contributed by atoms with Gasteiger partial charge in [-0.05, 0) is 31.0 Å². The summed E-state index contributed by atoms with van der Waals surface area (Å²) in [4.78, 5) is 0. The Morgan fingerprint density at radius 2 is 1.85 bits per heavy atom. The Morgan fingerprint density at radius 3 is 2.25 bits per heavy atom. The number of anilines is 1. The molecule has 0 aromatic heterocycles. The first-order valence-corrected chi connectivity index (χ1v) is 6.41. The SMILES string of the molecule is CCC(CC)(CN)Nc1ccc(C(F)(F)F)c(C#N)c1.